The third kappa shape index (κ3) is 27.3. The van der Waals surface area contributed by atoms with Crippen LogP contribution >= 0.6 is 54.9 Å². The predicted octanol–water partition coefficient (Wildman–Crippen LogP) is 25.6. The van der Waals surface area contributed by atoms with E-state index < -0.39 is 46.2 Å². The first-order valence-electron chi connectivity index (χ1n) is 38.4. The number of aromatic nitrogens is 4. The fourth-order valence-electron chi connectivity index (χ4n) is 14.1. The Morgan fingerprint density at radius 2 is 0.322 bits per heavy atom. The molecule has 0 N–H and O–H groups in total. The van der Waals surface area contributed by atoms with E-state index in [4.69, 9.17) is 23.2 Å². The van der Waals surface area contributed by atoms with Crippen LogP contribution in [0.15, 0.2) is 437 Å². The predicted molar refractivity (Wildman–Crippen MR) is 504 cm³/mol. The number of halogens is 10. The van der Waals surface area contributed by atoms with Crippen molar-refractivity contribution >= 4 is 155 Å². The summed E-state index contributed by atoms with van der Waals surface area (Å²) in [5.74, 6) is 2.49. The molecule has 0 saturated carbocycles. The van der Waals surface area contributed by atoms with Crippen LogP contribution in [-0.4, -0.2) is 51.6 Å². The van der Waals surface area contributed by atoms with E-state index in [-0.39, 0.29) is 39.5 Å². The van der Waals surface area contributed by atoms with Crippen LogP contribution in [0.1, 0.15) is 0 Å². The quantitative estimate of drug-likeness (QED) is 0.0318. The molecule has 0 aliphatic carbocycles. The van der Waals surface area contributed by atoms with Crippen molar-refractivity contribution in [3.63, 3.8) is 0 Å². The van der Waals surface area contributed by atoms with Crippen molar-refractivity contribution in [1.29, 1.82) is 0 Å². The van der Waals surface area contributed by atoms with E-state index in [0.717, 1.165) is 43.6 Å². The molecular weight excluding hydrogens is 1740 g/mol. The number of alkyl halides is 2. The Balaban J connectivity index is 0.000000160. The maximum Gasteiger partial charge on any atom is 1.00 e. The van der Waals surface area contributed by atoms with Gasteiger partial charge in [0.15, 0.2) is 11.8 Å². The van der Waals surface area contributed by atoms with Crippen molar-refractivity contribution in [3.8, 4) is 44.5 Å². The van der Waals surface area contributed by atoms with Gasteiger partial charge in [0.2, 0.25) is 0 Å². The average Bonchev–Trinajstić information content (AvgIpc) is 0.761. The molecular formula is C99H82B2Cl2Cu2F8N4P4+4. The molecule has 4 heterocycles. The van der Waals surface area contributed by atoms with E-state index in [2.05, 4.69) is 408 Å². The van der Waals surface area contributed by atoms with Crippen molar-refractivity contribution in [2.45, 2.75) is 0 Å². The summed E-state index contributed by atoms with van der Waals surface area (Å²) in [5, 5.41) is 16.7. The Morgan fingerprint density at radius 1 is 0.198 bits per heavy atom. The molecule has 0 fully saturated rings. The van der Waals surface area contributed by atoms with E-state index >= 15 is 0 Å². The first-order chi connectivity index (χ1) is 58.1. The standard InChI is InChI=1S/2C25H22P2.2C24H16N2.CH2Cl2.2BF4.2Cu/c2*1-5-13-22(14-6-1)26(23-15-7-2-8-16-23)21-27(24-17-9-3-10-18-24)25-19-11-4-12-20-25;2*1-3-7-17(8-4-1)19-13-15-25-23-21(19)11-12-22-20(14-16-26-24(22)23)18-9-5-2-6-10-18;2-1-3;2*2-1(3,4)5;;/h2*1-20H,21H2;2*1-16H;1H2;;;;/q;;;;;2*-1;2*+1/p+4. The number of pyridine rings is 4. The molecule has 18 rings (SSSR count). The third-order valence-corrected chi connectivity index (χ3v) is 33.2. The van der Waals surface area contributed by atoms with E-state index in [1.165, 1.54) is 98.7 Å². The van der Waals surface area contributed by atoms with Gasteiger partial charge in [-0.1, -0.05) is 291 Å². The second kappa shape index (κ2) is 47.7. The summed E-state index contributed by atoms with van der Waals surface area (Å²) < 4.78 is 78.0. The number of nitrogens with zero attached hydrogens (tertiary/aromatic N) is 4. The van der Waals surface area contributed by atoms with E-state index in [1.807, 2.05) is 49.1 Å². The van der Waals surface area contributed by atoms with Gasteiger partial charge in [-0.2, -0.15) is 0 Å². The van der Waals surface area contributed by atoms with Gasteiger partial charge < -0.3 is 34.5 Å². The van der Waals surface area contributed by atoms with E-state index in [0.29, 0.717) is 0 Å². The first-order valence-corrected chi connectivity index (χ1v) is 46.3. The maximum atomic E-state index is 9.75. The fourth-order valence-corrected chi connectivity index (χ4v) is 29.5. The molecule has 121 heavy (non-hydrogen) atoms. The number of fused-ring (bicyclic) bond motifs is 6. The van der Waals surface area contributed by atoms with Crippen LogP contribution < -0.4 is 42.4 Å². The van der Waals surface area contributed by atoms with Crippen LogP contribution in [-0.2, 0) is 34.1 Å². The van der Waals surface area contributed by atoms with Gasteiger partial charge >= 0.3 is 48.6 Å². The Bertz CT molecular complexity index is 5180. The van der Waals surface area contributed by atoms with Gasteiger partial charge in [-0.25, -0.2) is 0 Å². The molecule has 0 aliphatic rings. The summed E-state index contributed by atoms with van der Waals surface area (Å²) in [6, 6.07) is 148. The van der Waals surface area contributed by atoms with Crippen LogP contribution in [0.5, 0.6) is 0 Å². The molecule has 22 heteroatoms. The molecule has 18 aromatic rings. The van der Waals surface area contributed by atoms with E-state index in [1.54, 1.807) is 0 Å². The Morgan fingerprint density at radius 3 is 0.455 bits per heavy atom. The molecule has 0 aliphatic heterocycles. The summed E-state index contributed by atoms with van der Waals surface area (Å²) >= 11 is 9.53. The summed E-state index contributed by atoms with van der Waals surface area (Å²) in [6.45, 7) is 0. The molecule has 0 saturated heterocycles. The minimum absolute atomic E-state index is 0. The summed E-state index contributed by atoms with van der Waals surface area (Å²) in [5.41, 5.74) is 13.3. The van der Waals surface area contributed by atoms with Gasteiger partial charge in [0.25, 0.3) is 0 Å². The van der Waals surface area contributed by atoms with Gasteiger partial charge in [-0.3, -0.25) is 19.9 Å². The molecule has 612 valence electrons. The van der Waals surface area contributed by atoms with Crippen molar-refractivity contribution in [3.05, 3.63) is 437 Å². The van der Waals surface area contributed by atoms with Crippen LogP contribution in [0.2, 0.25) is 0 Å². The smallest absolute Gasteiger partial charge is 0.418 e. The minimum Gasteiger partial charge on any atom is -0.418 e. The van der Waals surface area contributed by atoms with Gasteiger partial charge in [-0.15, -0.1) is 23.2 Å². The topological polar surface area (TPSA) is 51.6 Å². The Hall–Kier alpha value is -10.4. The number of rotatable bonds is 16. The molecule has 0 spiro atoms. The normalized spacial score (nSPS) is 10.8. The van der Waals surface area contributed by atoms with Crippen LogP contribution in [0, 0.1) is 0 Å². The monoisotopic (exact) mass is 1820 g/mol. The largest absolute Gasteiger partial charge is 1.00 e. The summed E-state index contributed by atoms with van der Waals surface area (Å²) in [6.07, 6.45) is 7.50. The molecule has 14 aromatic carbocycles. The van der Waals surface area contributed by atoms with Crippen molar-refractivity contribution in [2.24, 2.45) is 0 Å². The van der Waals surface area contributed by atoms with Crippen LogP contribution in [0.25, 0.3) is 88.1 Å². The zero-order valence-corrected chi connectivity index (χ0v) is 72.4. The summed E-state index contributed by atoms with van der Waals surface area (Å²) in [7, 11) is -15.4. The second-order valence-corrected chi connectivity index (χ2v) is 39.0. The Labute approximate surface area is 737 Å². The fraction of sp³-hybridized carbons (Fsp3) is 0.0303. The molecule has 0 unspecified atom stereocenters. The van der Waals surface area contributed by atoms with Gasteiger partial charge in [0.05, 0.1) is 27.4 Å². The van der Waals surface area contributed by atoms with Gasteiger partial charge in [-0.05, 0) is 166 Å². The zero-order valence-electron chi connectivity index (χ0n) is 65.0. The van der Waals surface area contributed by atoms with Gasteiger partial charge in [0.1, 0.15) is 74.1 Å². The SMILES string of the molecule is ClCCl.F[B-](F)(F)F.F[B-](F)(F)F.[Cu+].[Cu+].c1ccc(-c2ccnc3c2ccc2c(-c4ccccc4)ccnc23)cc1.c1ccc(-c2ccnc3c2ccc2c(-c4ccccc4)ccnc23)cc1.c1ccc([PH+](C[PH+](c2ccccc2)c2ccccc2)c2ccccc2)cc1.c1ccc([PH+](C[PH+](c2ccccc2)c2ccccc2)c2ccccc2)cc1. The molecule has 0 radical (unpaired) electrons. The van der Waals surface area contributed by atoms with Crippen LogP contribution in [0.4, 0.5) is 34.5 Å². The minimum atomic E-state index is -6.00. The second-order valence-electron chi connectivity index (χ2n) is 26.9. The third-order valence-electron chi connectivity index (χ3n) is 19.3. The molecule has 0 bridgehead atoms. The molecule has 0 amide bonds. The summed E-state index contributed by atoms with van der Waals surface area (Å²) in [4.78, 5) is 18.7. The van der Waals surface area contributed by atoms with Gasteiger partial charge in [0, 0.05) is 46.3 Å². The maximum absolute atomic E-state index is 9.75. The van der Waals surface area contributed by atoms with Crippen molar-refractivity contribution in [1.82, 2.24) is 19.9 Å². The number of benzene rings is 14. The molecule has 4 aromatic heterocycles. The number of hydrogen-bond acceptors (Lipinski definition) is 4. The van der Waals surface area contributed by atoms with Crippen LogP contribution in [0.3, 0.4) is 0 Å². The Kier molecular flexibility index (Phi) is 36.6. The molecule has 4 nitrogen and oxygen atoms in total. The first kappa shape index (κ1) is 92.9. The average molecular weight is 1820 g/mol. The zero-order chi connectivity index (χ0) is 83.0. The number of hydrogen-bond donors (Lipinski definition) is 0. The van der Waals surface area contributed by atoms with Crippen molar-refractivity contribution < 1.29 is 68.7 Å². The van der Waals surface area contributed by atoms with Crippen molar-refractivity contribution in [2.75, 3.05) is 17.1 Å². The van der Waals surface area contributed by atoms with E-state index in [9.17, 15) is 34.5 Å². The molecule has 0 atom stereocenters.